The third kappa shape index (κ3) is 4.33. The number of rotatable bonds is 5. The topological polar surface area (TPSA) is 29.9 Å². The maximum Gasteiger partial charge on any atom is 0.257 e. The van der Waals surface area contributed by atoms with E-state index in [9.17, 15) is 8.78 Å². The van der Waals surface area contributed by atoms with Crippen LogP contribution in [0.4, 0.5) is 14.5 Å². The Morgan fingerprint density at radius 3 is 2.61 bits per heavy atom. The lowest BCUT2D eigenvalue weighted by molar-refractivity contribution is 0.122. The highest BCUT2D eigenvalue weighted by molar-refractivity contribution is 5.85. The van der Waals surface area contributed by atoms with Crippen molar-refractivity contribution in [2.24, 2.45) is 0 Å². The number of hydrogen-bond donors (Lipinski definition) is 1. The van der Waals surface area contributed by atoms with E-state index in [1.807, 2.05) is 30.3 Å². The minimum absolute atomic E-state index is 0. The van der Waals surface area contributed by atoms with Crippen molar-refractivity contribution in [1.82, 2.24) is 9.78 Å². The van der Waals surface area contributed by atoms with Gasteiger partial charge in [0.15, 0.2) is 0 Å². The Kier molecular flexibility index (Phi) is 5.58. The van der Waals surface area contributed by atoms with Crippen molar-refractivity contribution < 1.29 is 8.78 Å². The minimum Gasteiger partial charge on any atom is -0.378 e. The minimum atomic E-state index is -2.38. The van der Waals surface area contributed by atoms with Crippen molar-refractivity contribution in [1.29, 1.82) is 0 Å². The molecule has 0 spiro atoms. The van der Waals surface area contributed by atoms with Crippen LogP contribution in [0.2, 0.25) is 0 Å². The zero-order valence-corrected chi connectivity index (χ0v) is 10.4. The van der Waals surface area contributed by atoms with E-state index in [0.29, 0.717) is 6.54 Å². The molecule has 2 rings (SSSR count). The van der Waals surface area contributed by atoms with Crippen molar-refractivity contribution in [2.75, 3.05) is 5.32 Å². The highest BCUT2D eigenvalue weighted by Crippen LogP contribution is 2.09. The summed E-state index contributed by atoms with van der Waals surface area (Å²) >= 11 is 0. The first-order valence-corrected chi connectivity index (χ1v) is 5.32. The second-order valence-electron chi connectivity index (χ2n) is 3.68. The summed E-state index contributed by atoms with van der Waals surface area (Å²) in [6.07, 6.45) is 0.748. The number of nitrogens with zero attached hydrogens (tertiary/aromatic N) is 2. The van der Waals surface area contributed by atoms with Gasteiger partial charge in [-0.15, -0.1) is 12.4 Å². The smallest absolute Gasteiger partial charge is 0.257 e. The molecule has 1 N–H and O–H groups in total. The molecule has 0 radical (unpaired) electrons. The number of alkyl halides is 2. The highest BCUT2D eigenvalue weighted by Gasteiger charge is 2.05. The van der Waals surface area contributed by atoms with Crippen LogP contribution in [0.25, 0.3) is 0 Å². The summed E-state index contributed by atoms with van der Waals surface area (Å²) < 4.78 is 25.4. The summed E-state index contributed by atoms with van der Waals surface area (Å²) in [4.78, 5) is 0. The molecule has 0 atom stereocenters. The van der Waals surface area contributed by atoms with Crippen LogP contribution in [0, 0.1) is 0 Å². The average molecular weight is 274 g/mol. The molecule has 0 aliphatic rings. The molecule has 0 aliphatic carbocycles. The molecule has 1 aromatic heterocycles. The van der Waals surface area contributed by atoms with Gasteiger partial charge < -0.3 is 5.32 Å². The maximum atomic E-state index is 12.1. The molecule has 0 saturated heterocycles. The van der Waals surface area contributed by atoms with E-state index in [-0.39, 0.29) is 19.0 Å². The fourth-order valence-electron chi connectivity index (χ4n) is 1.50. The summed E-state index contributed by atoms with van der Waals surface area (Å²) in [7, 11) is 0. The average Bonchev–Trinajstić information content (AvgIpc) is 2.75. The molecule has 0 fully saturated rings. The van der Waals surface area contributed by atoms with Crippen LogP contribution in [0.5, 0.6) is 0 Å². The van der Waals surface area contributed by atoms with E-state index in [2.05, 4.69) is 10.4 Å². The molecule has 1 aromatic carbocycles. The Bertz CT molecular complexity index is 459. The number of nitrogens with one attached hydrogen (secondary N) is 1. The van der Waals surface area contributed by atoms with Crippen LogP contribution in [0.1, 0.15) is 5.56 Å². The molecule has 98 valence electrons. The second kappa shape index (κ2) is 6.96. The predicted octanol–water partition coefficient (Wildman–Crippen LogP) is 3.18. The van der Waals surface area contributed by atoms with Gasteiger partial charge >= 0.3 is 0 Å². The van der Waals surface area contributed by atoms with E-state index < -0.39 is 6.43 Å². The SMILES string of the molecule is Cl.FC(F)Cn1cc(NCc2ccccc2)cn1. The highest BCUT2D eigenvalue weighted by atomic mass is 35.5. The first kappa shape index (κ1) is 14.4. The van der Waals surface area contributed by atoms with Gasteiger partial charge in [0.2, 0.25) is 0 Å². The first-order chi connectivity index (χ1) is 8.24. The maximum absolute atomic E-state index is 12.1. The molecule has 18 heavy (non-hydrogen) atoms. The number of hydrogen-bond acceptors (Lipinski definition) is 2. The fraction of sp³-hybridized carbons (Fsp3) is 0.250. The second-order valence-corrected chi connectivity index (χ2v) is 3.68. The van der Waals surface area contributed by atoms with E-state index in [1.165, 1.54) is 4.68 Å². The summed E-state index contributed by atoms with van der Waals surface area (Å²) in [5.74, 6) is 0. The van der Waals surface area contributed by atoms with Gasteiger partial charge in [-0.2, -0.15) is 5.10 Å². The van der Waals surface area contributed by atoms with Gasteiger partial charge in [-0.3, -0.25) is 4.68 Å². The lowest BCUT2D eigenvalue weighted by Crippen LogP contribution is -2.06. The molecule has 2 aromatic rings. The van der Waals surface area contributed by atoms with Gasteiger partial charge in [0, 0.05) is 12.7 Å². The number of halogens is 3. The van der Waals surface area contributed by atoms with E-state index >= 15 is 0 Å². The molecule has 0 saturated carbocycles. The van der Waals surface area contributed by atoms with Crippen LogP contribution in [0.15, 0.2) is 42.7 Å². The van der Waals surface area contributed by atoms with Crippen LogP contribution in [0.3, 0.4) is 0 Å². The zero-order chi connectivity index (χ0) is 12.1. The van der Waals surface area contributed by atoms with E-state index in [4.69, 9.17) is 0 Å². The predicted molar refractivity (Wildman–Crippen MR) is 69.2 cm³/mol. The lowest BCUT2D eigenvalue weighted by Gasteiger charge is -2.03. The molecular formula is C12H14ClF2N3. The number of benzene rings is 1. The molecule has 0 aliphatic heterocycles. The summed E-state index contributed by atoms with van der Waals surface area (Å²) in [5, 5.41) is 6.97. The monoisotopic (exact) mass is 273 g/mol. The summed E-state index contributed by atoms with van der Waals surface area (Å²) in [6.45, 7) is 0.286. The van der Waals surface area contributed by atoms with Crippen LogP contribution in [-0.4, -0.2) is 16.2 Å². The molecular weight excluding hydrogens is 260 g/mol. The van der Waals surface area contributed by atoms with Gasteiger partial charge in [-0.25, -0.2) is 8.78 Å². The molecule has 6 heteroatoms. The van der Waals surface area contributed by atoms with Crippen LogP contribution >= 0.6 is 12.4 Å². The Hall–Kier alpha value is -1.62. The Morgan fingerprint density at radius 1 is 1.22 bits per heavy atom. The largest absolute Gasteiger partial charge is 0.378 e. The van der Waals surface area contributed by atoms with Gasteiger partial charge in [-0.1, -0.05) is 30.3 Å². The third-order valence-corrected chi connectivity index (χ3v) is 2.30. The van der Waals surface area contributed by atoms with Gasteiger partial charge in [0.25, 0.3) is 6.43 Å². The molecule has 0 unspecified atom stereocenters. The normalized spacial score (nSPS) is 10.2. The quantitative estimate of drug-likeness (QED) is 0.907. The van der Waals surface area contributed by atoms with Crippen LogP contribution in [-0.2, 0) is 13.1 Å². The molecule has 0 amide bonds. The fourth-order valence-corrected chi connectivity index (χ4v) is 1.50. The Labute approximate surface area is 110 Å². The van der Waals surface area contributed by atoms with E-state index in [0.717, 1.165) is 11.3 Å². The van der Waals surface area contributed by atoms with Crippen molar-refractivity contribution in [3.63, 3.8) is 0 Å². The molecule has 3 nitrogen and oxygen atoms in total. The van der Waals surface area contributed by atoms with Crippen molar-refractivity contribution >= 4 is 18.1 Å². The Balaban J connectivity index is 0.00000162. The van der Waals surface area contributed by atoms with Crippen molar-refractivity contribution in [3.8, 4) is 0 Å². The van der Waals surface area contributed by atoms with Gasteiger partial charge in [0.1, 0.15) is 6.54 Å². The van der Waals surface area contributed by atoms with Crippen LogP contribution < -0.4 is 5.32 Å². The van der Waals surface area contributed by atoms with Crippen molar-refractivity contribution in [3.05, 3.63) is 48.3 Å². The van der Waals surface area contributed by atoms with Crippen molar-refractivity contribution in [2.45, 2.75) is 19.5 Å². The third-order valence-electron chi connectivity index (χ3n) is 2.30. The summed E-state index contributed by atoms with van der Waals surface area (Å²) in [6, 6.07) is 9.85. The number of anilines is 1. The lowest BCUT2D eigenvalue weighted by atomic mass is 10.2. The molecule has 0 bridgehead atoms. The summed E-state index contributed by atoms with van der Waals surface area (Å²) in [5.41, 5.74) is 1.88. The first-order valence-electron chi connectivity index (χ1n) is 5.32. The standard InChI is InChI=1S/C12H13F2N3.ClH/c13-12(14)9-17-8-11(7-16-17)15-6-10-4-2-1-3-5-10;/h1-5,7-8,12,15H,6,9H2;1H. The number of aromatic nitrogens is 2. The van der Waals surface area contributed by atoms with Gasteiger partial charge in [0.05, 0.1) is 11.9 Å². The molecule has 1 heterocycles. The zero-order valence-electron chi connectivity index (χ0n) is 9.59. The Morgan fingerprint density at radius 2 is 1.94 bits per heavy atom. The van der Waals surface area contributed by atoms with Gasteiger partial charge in [-0.05, 0) is 5.56 Å². The van der Waals surface area contributed by atoms with E-state index in [1.54, 1.807) is 12.4 Å².